The zero-order valence-corrected chi connectivity index (χ0v) is 14.5. The van der Waals surface area contributed by atoms with Gasteiger partial charge >= 0.3 is 0 Å². The normalized spacial score (nSPS) is 16.3. The van der Waals surface area contributed by atoms with Crippen molar-refractivity contribution in [3.05, 3.63) is 48.9 Å². The summed E-state index contributed by atoms with van der Waals surface area (Å²) < 4.78 is 5.79. The number of benzene rings is 1. The minimum absolute atomic E-state index is 0.0526. The van der Waals surface area contributed by atoms with Gasteiger partial charge in [0.25, 0.3) is 0 Å². The number of anilines is 1. The van der Waals surface area contributed by atoms with Gasteiger partial charge in [0.2, 0.25) is 5.91 Å². The van der Waals surface area contributed by atoms with Crippen LogP contribution in [-0.2, 0) is 4.79 Å². The second-order valence-corrected chi connectivity index (χ2v) is 6.31. The minimum atomic E-state index is -0.0639. The zero-order chi connectivity index (χ0) is 17.5. The Morgan fingerprint density at radius 2 is 2.04 bits per heavy atom. The molecule has 1 saturated heterocycles. The molecule has 2 aromatic rings. The molecule has 0 unspecified atom stereocenters. The van der Waals surface area contributed by atoms with Crippen LogP contribution in [0.15, 0.2) is 48.9 Å². The molecule has 1 fully saturated rings. The first-order valence-corrected chi connectivity index (χ1v) is 8.73. The summed E-state index contributed by atoms with van der Waals surface area (Å²) in [5.41, 5.74) is 0. The van der Waals surface area contributed by atoms with Crippen LogP contribution in [0.5, 0.6) is 5.75 Å². The lowest BCUT2D eigenvalue weighted by Gasteiger charge is -2.32. The first kappa shape index (κ1) is 17.2. The van der Waals surface area contributed by atoms with Crippen LogP contribution in [-0.4, -0.2) is 41.6 Å². The van der Waals surface area contributed by atoms with Crippen molar-refractivity contribution in [2.45, 2.75) is 25.9 Å². The molecule has 1 atom stereocenters. The predicted octanol–water partition coefficient (Wildman–Crippen LogP) is 2.28. The molecule has 0 bridgehead atoms. The summed E-state index contributed by atoms with van der Waals surface area (Å²) >= 11 is 0. The van der Waals surface area contributed by atoms with Crippen molar-refractivity contribution in [1.82, 2.24) is 15.3 Å². The van der Waals surface area contributed by atoms with E-state index in [0.29, 0.717) is 6.54 Å². The van der Waals surface area contributed by atoms with Crippen molar-refractivity contribution in [3.8, 4) is 5.75 Å². The van der Waals surface area contributed by atoms with E-state index in [0.717, 1.165) is 37.5 Å². The number of hydrogen-bond acceptors (Lipinski definition) is 5. The summed E-state index contributed by atoms with van der Waals surface area (Å²) in [6, 6.07) is 9.66. The third-order valence-electron chi connectivity index (χ3n) is 4.38. The summed E-state index contributed by atoms with van der Waals surface area (Å²) in [6.45, 7) is 4.13. The van der Waals surface area contributed by atoms with E-state index in [4.69, 9.17) is 4.74 Å². The van der Waals surface area contributed by atoms with Gasteiger partial charge in [0.15, 0.2) is 0 Å². The van der Waals surface area contributed by atoms with E-state index in [9.17, 15) is 4.79 Å². The highest BCUT2D eigenvalue weighted by molar-refractivity contribution is 5.79. The fourth-order valence-corrected chi connectivity index (χ4v) is 2.99. The van der Waals surface area contributed by atoms with E-state index in [-0.39, 0.29) is 17.9 Å². The van der Waals surface area contributed by atoms with Crippen molar-refractivity contribution < 1.29 is 9.53 Å². The monoisotopic (exact) mass is 340 g/mol. The molecule has 1 aliphatic rings. The Morgan fingerprint density at radius 3 is 2.72 bits per heavy atom. The van der Waals surface area contributed by atoms with Gasteiger partial charge in [0, 0.05) is 31.4 Å². The van der Waals surface area contributed by atoms with Crippen molar-refractivity contribution in [3.63, 3.8) is 0 Å². The van der Waals surface area contributed by atoms with E-state index in [1.165, 1.54) is 0 Å². The maximum atomic E-state index is 12.4. The summed E-state index contributed by atoms with van der Waals surface area (Å²) in [4.78, 5) is 23.0. The van der Waals surface area contributed by atoms with Gasteiger partial charge in [-0.25, -0.2) is 4.98 Å². The van der Waals surface area contributed by atoms with Crippen LogP contribution in [0.2, 0.25) is 0 Å². The van der Waals surface area contributed by atoms with Crippen LogP contribution >= 0.6 is 0 Å². The van der Waals surface area contributed by atoms with E-state index in [1.807, 2.05) is 37.3 Å². The van der Waals surface area contributed by atoms with Gasteiger partial charge in [0.05, 0.1) is 12.7 Å². The summed E-state index contributed by atoms with van der Waals surface area (Å²) in [7, 11) is 0. The molecule has 0 spiro atoms. The molecule has 1 aliphatic heterocycles. The number of rotatable bonds is 6. The molecule has 0 aliphatic carbocycles. The van der Waals surface area contributed by atoms with Gasteiger partial charge in [-0.3, -0.25) is 9.78 Å². The molecule has 0 saturated carbocycles. The number of ether oxygens (including phenoxy) is 1. The number of carbonyl (C=O) groups excluding carboxylic acids is 1. The fourth-order valence-electron chi connectivity index (χ4n) is 2.99. The van der Waals surface area contributed by atoms with Crippen LogP contribution in [0.3, 0.4) is 0 Å². The third-order valence-corrected chi connectivity index (χ3v) is 4.38. The number of piperidine rings is 1. The maximum Gasteiger partial charge on any atom is 0.223 e. The number of para-hydroxylation sites is 1. The quantitative estimate of drug-likeness (QED) is 0.874. The molecular weight excluding hydrogens is 316 g/mol. The van der Waals surface area contributed by atoms with Crippen LogP contribution in [0, 0.1) is 5.92 Å². The second kappa shape index (κ2) is 8.46. The van der Waals surface area contributed by atoms with E-state index < -0.39 is 0 Å². The van der Waals surface area contributed by atoms with E-state index >= 15 is 0 Å². The van der Waals surface area contributed by atoms with Crippen LogP contribution in [0.1, 0.15) is 19.8 Å². The molecule has 25 heavy (non-hydrogen) atoms. The Hall–Kier alpha value is -2.63. The third kappa shape index (κ3) is 4.92. The van der Waals surface area contributed by atoms with Gasteiger partial charge in [-0.2, -0.15) is 0 Å². The van der Waals surface area contributed by atoms with Crippen molar-refractivity contribution in [1.29, 1.82) is 0 Å². The van der Waals surface area contributed by atoms with Crippen molar-refractivity contribution >= 4 is 11.7 Å². The highest BCUT2D eigenvalue weighted by Gasteiger charge is 2.25. The number of amides is 1. The highest BCUT2D eigenvalue weighted by Crippen LogP contribution is 2.21. The average Bonchev–Trinajstić information content (AvgIpc) is 2.68. The molecule has 3 rings (SSSR count). The zero-order valence-electron chi connectivity index (χ0n) is 14.5. The number of carbonyl (C=O) groups is 1. The Kier molecular flexibility index (Phi) is 5.82. The van der Waals surface area contributed by atoms with Crippen LogP contribution in [0.25, 0.3) is 0 Å². The lowest BCUT2D eigenvalue weighted by atomic mass is 9.96. The van der Waals surface area contributed by atoms with E-state index in [1.54, 1.807) is 18.6 Å². The lowest BCUT2D eigenvalue weighted by Crippen LogP contribution is -2.43. The molecule has 6 nitrogen and oxygen atoms in total. The van der Waals surface area contributed by atoms with Crippen LogP contribution in [0.4, 0.5) is 5.82 Å². The summed E-state index contributed by atoms with van der Waals surface area (Å²) in [5, 5.41) is 3.02. The molecular formula is C19H24N4O2. The molecule has 1 N–H and O–H groups in total. The SMILES string of the molecule is C[C@H](CNC(=O)C1CCN(c2cnccn2)CC1)Oc1ccccc1. The molecule has 132 valence electrons. The summed E-state index contributed by atoms with van der Waals surface area (Å²) in [6.07, 6.45) is 6.73. The van der Waals surface area contributed by atoms with Gasteiger partial charge < -0.3 is 15.0 Å². The molecule has 1 amide bonds. The number of nitrogens with zero attached hydrogens (tertiary/aromatic N) is 3. The molecule has 1 aromatic carbocycles. The lowest BCUT2D eigenvalue weighted by molar-refractivity contribution is -0.125. The number of aromatic nitrogens is 2. The van der Waals surface area contributed by atoms with Crippen molar-refractivity contribution in [2.75, 3.05) is 24.5 Å². The number of hydrogen-bond donors (Lipinski definition) is 1. The Bertz CT molecular complexity index is 658. The van der Waals surface area contributed by atoms with E-state index in [2.05, 4.69) is 20.2 Å². The first-order chi connectivity index (χ1) is 12.2. The summed E-state index contributed by atoms with van der Waals surface area (Å²) in [5.74, 6) is 1.87. The van der Waals surface area contributed by atoms with Gasteiger partial charge in [-0.1, -0.05) is 18.2 Å². The molecule has 0 radical (unpaired) electrons. The maximum absolute atomic E-state index is 12.4. The Balaban J connectivity index is 1.40. The first-order valence-electron chi connectivity index (χ1n) is 8.73. The second-order valence-electron chi connectivity index (χ2n) is 6.31. The van der Waals surface area contributed by atoms with Crippen molar-refractivity contribution in [2.24, 2.45) is 5.92 Å². The van der Waals surface area contributed by atoms with Gasteiger partial charge in [-0.05, 0) is 31.9 Å². The Morgan fingerprint density at radius 1 is 1.28 bits per heavy atom. The van der Waals surface area contributed by atoms with Crippen LogP contribution < -0.4 is 15.0 Å². The van der Waals surface area contributed by atoms with Gasteiger partial charge in [0.1, 0.15) is 17.7 Å². The smallest absolute Gasteiger partial charge is 0.223 e. The molecule has 6 heteroatoms. The average molecular weight is 340 g/mol. The predicted molar refractivity (Wildman–Crippen MR) is 96.5 cm³/mol. The number of nitrogens with one attached hydrogen (secondary N) is 1. The minimum Gasteiger partial charge on any atom is -0.489 e. The Labute approximate surface area is 148 Å². The topological polar surface area (TPSA) is 67.4 Å². The molecule has 2 heterocycles. The molecule has 1 aromatic heterocycles. The standard InChI is InChI=1S/C19H24N4O2/c1-15(25-17-5-3-2-4-6-17)13-22-19(24)16-7-11-23(12-8-16)18-14-20-9-10-21-18/h2-6,9-10,14-16H,7-8,11-13H2,1H3,(H,22,24)/t15-/m1/s1. The van der Waals surface area contributed by atoms with Gasteiger partial charge in [-0.15, -0.1) is 0 Å². The largest absolute Gasteiger partial charge is 0.489 e. The highest BCUT2D eigenvalue weighted by atomic mass is 16.5. The fraction of sp³-hybridized carbons (Fsp3) is 0.421.